The normalized spacial score (nSPS) is 15.2. The van der Waals surface area contributed by atoms with Crippen molar-refractivity contribution in [2.24, 2.45) is 0 Å². The van der Waals surface area contributed by atoms with E-state index in [1.54, 1.807) is 24.5 Å². The molecule has 0 bridgehead atoms. The number of ether oxygens (including phenoxy) is 2. The Bertz CT molecular complexity index is 1300. The van der Waals surface area contributed by atoms with Crippen molar-refractivity contribution in [2.45, 2.75) is 67.9 Å². The van der Waals surface area contributed by atoms with Crippen LogP contribution in [0.4, 0.5) is 0 Å². The van der Waals surface area contributed by atoms with E-state index in [0.29, 0.717) is 41.7 Å². The Morgan fingerprint density at radius 1 is 1.03 bits per heavy atom. The zero-order valence-electron chi connectivity index (χ0n) is 20.8. The lowest BCUT2D eigenvalue weighted by molar-refractivity contribution is 0.139. The van der Waals surface area contributed by atoms with Crippen LogP contribution in [0.3, 0.4) is 0 Å². The molecule has 0 spiro atoms. The van der Waals surface area contributed by atoms with Crippen LogP contribution in [-0.4, -0.2) is 38.1 Å². The van der Waals surface area contributed by atoms with E-state index in [1.807, 2.05) is 25.1 Å². The van der Waals surface area contributed by atoms with Gasteiger partial charge < -0.3 is 14.0 Å². The second-order valence-electron chi connectivity index (χ2n) is 9.16. The molecule has 0 N–H and O–H groups in total. The summed E-state index contributed by atoms with van der Waals surface area (Å²) >= 11 is 0. The Hall–Kier alpha value is -3.03. The summed E-state index contributed by atoms with van der Waals surface area (Å²) in [5.74, 6) is 1.64. The quantitative estimate of drug-likeness (QED) is 0.251. The van der Waals surface area contributed by atoms with Crippen molar-refractivity contribution in [3.63, 3.8) is 0 Å². The van der Waals surface area contributed by atoms with Crippen molar-refractivity contribution in [3.8, 4) is 5.75 Å². The van der Waals surface area contributed by atoms with Gasteiger partial charge in [-0.3, -0.25) is 4.98 Å². The van der Waals surface area contributed by atoms with E-state index in [0.717, 1.165) is 29.7 Å². The molecule has 188 valence electrons. The molecule has 1 atom stereocenters. The van der Waals surface area contributed by atoms with Crippen LogP contribution in [0.5, 0.6) is 5.75 Å². The molecule has 0 amide bonds. The van der Waals surface area contributed by atoms with E-state index in [9.17, 15) is 4.21 Å². The number of hydrogen-bond donors (Lipinski definition) is 0. The van der Waals surface area contributed by atoms with E-state index < -0.39 is 10.8 Å². The van der Waals surface area contributed by atoms with Gasteiger partial charge in [-0.05, 0) is 56.4 Å². The van der Waals surface area contributed by atoms with E-state index in [4.69, 9.17) is 14.5 Å². The number of nitrogens with zero attached hydrogens (tertiary/aromatic N) is 3. The largest absolute Gasteiger partial charge is 0.489 e. The molecule has 36 heavy (non-hydrogen) atoms. The second kappa shape index (κ2) is 11.8. The van der Waals surface area contributed by atoms with Crippen LogP contribution in [-0.2, 0) is 28.5 Å². The van der Waals surface area contributed by atoms with Gasteiger partial charge in [0.2, 0.25) is 0 Å². The van der Waals surface area contributed by atoms with Crippen molar-refractivity contribution in [1.29, 1.82) is 0 Å². The lowest BCUT2D eigenvalue weighted by Crippen LogP contribution is -2.20. The smallest absolute Gasteiger partial charge is 0.138 e. The van der Waals surface area contributed by atoms with Gasteiger partial charge in [-0.25, -0.2) is 9.19 Å². The molecule has 7 heteroatoms. The molecule has 0 radical (unpaired) electrons. The summed E-state index contributed by atoms with van der Waals surface area (Å²) in [6, 6.07) is 18.0. The highest BCUT2D eigenvalue weighted by atomic mass is 32.2. The van der Waals surface area contributed by atoms with Crippen LogP contribution in [0.2, 0.25) is 0 Å². The first-order chi connectivity index (χ1) is 17.7. The van der Waals surface area contributed by atoms with Gasteiger partial charge in [0.05, 0.1) is 39.4 Å². The van der Waals surface area contributed by atoms with E-state index in [2.05, 4.69) is 33.8 Å². The van der Waals surface area contributed by atoms with Crippen LogP contribution in [0.15, 0.2) is 76.8 Å². The van der Waals surface area contributed by atoms with E-state index >= 15 is 0 Å². The van der Waals surface area contributed by atoms with Crippen molar-refractivity contribution < 1.29 is 13.7 Å². The Kier molecular flexibility index (Phi) is 8.08. The minimum atomic E-state index is -1.40. The van der Waals surface area contributed by atoms with Crippen molar-refractivity contribution in [2.75, 3.05) is 13.2 Å². The molecule has 0 saturated heterocycles. The highest BCUT2D eigenvalue weighted by molar-refractivity contribution is 7.85. The molecular weight excluding hydrogens is 470 g/mol. The SMILES string of the molecule is CCOCCn1c(Cc2ccccc2)nc2cc(OC3CCCCC3)c(S(=O)c3ccncc3)cc21. The minimum absolute atomic E-state index is 0.146. The third-order valence-corrected chi connectivity index (χ3v) is 8.09. The summed E-state index contributed by atoms with van der Waals surface area (Å²) in [4.78, 5) is 10.5. The second-order valence-corrected chi connectivity index (χ2v) is 10.6. The first-order valence-corrected chi connectivity index (χ1v) is 14.0. The molecule has 1 fully saturated rings. The van der Waals surface area contributed by atoms with Crippen LogP contribution in [0.25, 0.3) is 11.0 Å². The summed E-state index contributed by atoms with van der Waals surface area (Å²) < 4.78 is 28.2. The monoisotopic (exact) mass is 503 g/mol. The molecule has 5 rings (SSSR count). The molecule has 1 aliphatic carbocycles. The Morgan fingerprint density at radius 2 is 1.81 bits per heavy atom. The maximum Gasteiger partial charge on any atom is 0.138 e. The fourth-order valence-electron chi connectivity index (χ4n) is 4.83. The van der Waals surface area contributed by atoms with Crippen molar-refractivity contribution in [3.05, 3.63) is 78.4 Å². The summed E-state index contributed by atoms with van der Waals surface area (Å²) in [6.45, 7) is 3.93. The molecule has 1 unspecified atom stereocenters. The topological polar surface area (TPSA) is 66.2 Å². The highest BCUT2D eigenvalue weighted by Crippen LogP contribution is 2.34. The molecule has 0 aliphatic heterocycles. The van der Waals surface area contributed by atoms with Gasteiger partial charge in [-0.2, -0.15) is 0 Å². The average Bonchev–Trinajstić information content (AvgIpc) is 3.25. The van der Waals surface area contributed by atoms with Crippen molar-refractivity contribution >= 4 is 21.8 Å². The fraction of sp³-hybridized carbons (Fsp3) is 0.379. The minimum Gasteiger partial charge on any atom is -0.489 e. The fourth-order valence-corrected chi connectivity index (χ4v) is 5.97. The molecular formula is C29H33N3O3S. The number of hydrogen-bond acceptors (Lipinski definition) is 5. The Balaban J connectivity index is 1.60. The zero-order valence-corrected chi connectivity index (χ0v) is 21.6. The zero-order chi connectivity index (χ0) is 24.7. The average molecular weight is 504 g/mol. The van der Waals surface area contributed by atoms with Gasteiger partial charge in [-0.1, -0.05) is 36.8 Å². The van der Waals surface area contributed by atoms with E-state index in [1.165, 1.54) is 24.8 Å². The van der Waals surface area contributed by atoms with Gasteiger partial charge in [0.25, 0.3) is 0 Å². The third-order valence-electron chi connectivity index (χ3n) is 6.67. The molecule has 2 heterocycles. The Labute approximate surface area is 215 Å². The summed E-state index contributed by atoms with van der Waals surface area (Å²) in [5.41, 5.74) is 3.01. The number of benzene rings is 2. The molecule has 2 aromatic carbocycles. The van der Waals surface area contributed by atoms with Gasteiger partial charge in [-0.15, -0.1) is 0 Å². The van der Waals surface area contributed by atoms with Crippen LogP contribution < -0.4 is 4.74 Å². The van der Waals surface area contributed by atoms with Crippen LogP contribution in [0, 0.1) is 0 Å². The maximum atomic E-state index is 13.8. The van der Waals surface area contributed by atoms with Crippen molar-refractivity contribution in [1.82, 2.24) is 14.5 Å². The predicted molar refractivity (Wildman–Crippen MR) is 142 cm³/mol. The summed E-state index contributed by atoms with van der Waals surface area (Å²) in [5, 5.41) is 0. The molecule has 2 aromatic heterocycles. The standard InChI is InChI=1S/C29H33N3O3S/c1-2-34-18-17-32-26-21-28(36(33)24-13-15-30-16-14-24)27(35-23-11-7-4-8-12-23)20-25(26)31-29(32)19-22-9-5-3-6-10-22/h3,5-6,9-10,13-16,20-21,23H,2,4,7-8,11-12,17-19H2,1H3. The Morgan fingerprint density at radius 3 is 2.56 bits per heavy atom. The number of aromatic nitrogens is 3. The van der Waals surface area contributed by atoms with Gasteiger partial charge in [0.15, 0.2) is 0 Å². The number of rotatable bonds is 10. The lowest BCUT2D eigenvalue weighted by atomic mass is 9.98. The highest BCUT2D eigenvalue weighted by Gasteiger charge is 2.23. The first kappa shape index (κ1) is 24.7. The van der Waals surface area contributed by atoms with Gasteiger partial charge in [0.1, 0.15) is 11.6 Å². The maximum absolute atomic E-state index is 13.8. The van der Waals surface area contributed by atoms with Gasteiger partial charge in [0, 0.05) is 42.9 Å². The first-order valence-electron chi connectivity index (χ1n) is 12.9. The predicted octanol–water partition coefficient (Wildman–Crippen LogP) is 5.94. The molecule has 1 aliphatic rings. The van der Waals surface area contributed by atoms with E-state index in [-0.39, 0.29) is 6.10 Å². The number of pyridine rings is 1. The molecule has 6 nitrogen and oxygen atoms in total. The van der Waals surface area contributed by atoms with Gasteiger partial charge >= 0.3 is 0 Å². The molecule has 4 aromatic rings. The van der Waals surface area contributed by atoms with Crippen LogP contribution in [0.1, 0.15) is 50.4 Å². The number of fused-ring (bicyclic) bond motifs is 1. The molecule has 1 saturated carbocycles. The van der Waals surface area contributed by atoms with Crippen LogP contribution >= 0.6 is 0 Å². The summed E-state index contributed by atoms with van der Waals surface area (Å²) in [7, 11) is -1.40. The summed E-state index contributed by atoms with van der Waals surface area (Å²) in [6.07, 6.45) is 9.86. The third kappa shape index (κ3) is 5.68. The number of imidazole rings is 1. The lowest BCUT2D eigenvalue weighted by Gasteiger charge is -2.24.